The molecule has 1 aliphatic rings. The van der Waals surface area contributed by atoms with Gasteiger partial charge in [0.1, 0.15) is 18.3 Å². The van der Waals surface area contributed by atoms with Gasteiger partial charge in [-0.05, 0) is 51.0 Å². The Balaban J connectivity index is 2.28. The lowest BCUT2D eigenvalue weighted by atomic mass is 10.0. The predicted molar refractivity (Wildman–Crippen MR) is 96.5 cm³/mol. The number of aryl methyl sites for hydroxylation is 3. The van der Waals surface area contributed by atoms with Gasteiger partial charge < -0.3 is 9.80 Å². The Hall–Kier alpha value is -2.98. The van der Waals surface area contributed by atoms with Crippen LogP contribution in [0.3, 0.4) is 0 Å². The van der Waals surface area contributed by atoms with Crippen molar-refractivity contribution >= 4 is 17.1 Å². The van der Waals surface area contributed by atoms with Crippen molar-refractivity contribution in [1.29, 1.82) is 10.5 Å². The van der Waals surface area contributed by atoms with Crippen molar-refractivity contribution < 1.29 is 0 Å². The molecular weight excluding hydrogens is 296 g/mol. The van der Waals surface area contributed by atoms with E-state index in [1.807, 2.05) is 19.2 Å². The zero-order chi connectivity index (χ0) is 17.6. The Bertz CT molecular complexity index is 891. The normalized spacial score (nSPS) is 15.9. The molecule has 1 heterocycles. The van der Waals surface area contributed by atoms with E-state index in [1.165, 1.54) is 22.4 Å². The molecule has 0 fully saturated rings. The zero-order valence-electron chi connectivity index (χ0n) is 14.7. The van der Waals surface area contributed by atoms with Crippen molar-refractivity contribution in [3.8, 4) is 12.1 Å². The fourth-order valence-corrected chi connectivity index (χ4v) is 3.67. The van der Waals surface area contributed by atoms with Gasteiger partial charge in [-0.2, -0.15) is 10.5 Å². The predicted octanol–water partition coefficient (Wildman–Crippen LogP) is 4.29. The molecule has 0 spiro atoms. The van der Waals surface area contributed by atoms with Gasteiger partial charge in [-0.1, -0.05) is 17.7 Å². The quantitative estimate of drug-likeness (QED) is 0.787. The van der Waals surface area contributed by atoms with Crippen LogP contribution < -0.4 is 9.80 Å². The van der Waals surface area contributed by atoms with E-state index < -0.39 is 0 Å². The van der Waals surface area contributed by atoms with Crippen LogP contribution in [0.2, 0.25) is 0 Å². The van der Waals surface area contributed by atoms with E-state index in [-0.39, 0.29) is 6.17 Å². The lowest BCUT2D eigenvalue weighted by molar-refractivity contribution is 0.731. The number of benzene rings is 2. The van der Waals surface area contributed by atoms with E-state index in [1.54, 1.807) is 0 Å². The minimum absolute atomic E-state index is 0.112. The summed E-state index contributed by atoms with van der Waals surface area (Å²) < 4.78 is 0. The fourth-order valence-electron chi connectivity index (χ4n) is 3.67. The fraction of sp³-hybridized carbons (Fsp3) is 0.300. The maximum atomic E-state index is 9.38. The highest BCUT2D eigenvalue weighted by molar-refractivity contribution is 5.87. The van der Waals surface area contributed by atoms with Crippen molar-refractivity contribution in [2.24, 2.45) is 0 Å². The number of hydrogen-bond donors (Lipinski definition) is 0. The first-order valence-electron chi connectivity index (χ1n) is 7.97. The van der Waals surface area contributed by atoms with Crippen molar-refractivity contribution in [2.75, 3.05) is 16.8 Å². The van der Waals surface area contributed by atoms with Gasteiger partial charge in [0.2, 0.25) is 0 Å². The third-order valence-electron chi connectivity index (χ3n) is 4.81. The molecule has 1 aliphatic heterocycles. The summed E-state index contributed by atoms with van der Waals surface area (Å²) in [6.45, 7) is 8.48. The highest BCUT2D eigenvalue weighted by Crippen LogP contribution is 2.46. The zero-order valence-corrected chi connectivity index (χ0v) is 14.7. The van der Waals surface area contributed by atoms with E-state index in [0.717, 1.165) is 11.4 Å². The smallest absolute Gasteiger partial charge is 0.103 e. The summed E-state index contributed by atoms with van der Waals surface area (Å²) in [6, 6.07) is 12.3. The van der Waals surface area contributed by atoms with Gasteiger partial charge in [0.05, 0.1) is 22.5 Å². The number of hydrogen-bond acceptors (Lipinski definition) is 4. The van der Waals surface area contributed by atoms with Gasteiger partial charge in [0, 0.05) is 12.7 Å². The summed E-state index contributed by atoms with van der Waals surface area (Å²) in [7, 11) is 2.02. The molecule has 3 rings (SSSR count). The molecule has 0 saturated heterocycles. The number of anilines is 3. The van der Waals surface area contributed by atoms with Crippen LogP contribution in [0.1, 0.15) is 34.7 Å². The highest BCUT2D eigenvalue weighted by Gasteiger charge is 2.34. The van der Waals surface area contributed by atoms with Crippen LogP contribution in [0, 0.1) is 43.4 Å². The highest BCUT2D eigenvalue weighted by atomic mass is 15.4. The molecule has 4 heteroatoms. The average molecular weight is 316 g/mol. The van der Waals surface area contributed by atoms with E-state index in [0.29, 0.717) is 11.1 Å². The molecule has 120 valence electrons. The second kappa shape index (κ2) is 5.58. The van der Waals surface area contributed by atoms with Crippen LogP contribution in [0.25, 0.3) is 0 Å². The summed E-state index contributed by atoms with van der Waals surface area (Å²) in [4.78, 5) is 4.41. The third-order valence-corrected chi connectivity index (χ3v) is 4.81. The first kappa shape index (κ1) is 15.9. The molecule has 0 unspecified atom stereocenters. The molecule has 4 nitrogen and oxygen atoms in total. The number of nitrogens with zero attached hydrogens (tertiary/aromatic N) is 4. The van der Waals surface area contributed by atoms with Crippen LogP contribution in [0.4, 0.5) is 17.1 Å². The van der Waals surface area contributed by atoms with Gasteiger partial charge in [-0.25, -0.2) is 0 Å². The maximum absolute atomic E-state index is 9.38. The van der Waals surface area contributed by atoms with E-state index in [4.69, 9.17) is 0 Å². The minimum Gasteiger partial charge on any atom is -0.352 e. The van der Waals surface area contributed by atoms with Crippen LogP contribution in [0.5, 0.6) is 0 Å². The van der Waals surface area contributed by atoms with Gasteiger partial charge in [-0.15, -0.1) is 0 Å². The Morgan fingerprint density at radius 3 is 1.88 bits per heavy atom. The van der Waals surface area contributed by atoms with E-state index in [9.17, 15) is 10.5 Å². The van der Waals surface area contributed by atoms with Crippen LogP contribution >= 0.6 is 0 Å². The Labute approximate surface area is 143 Å². The Morgan fingerprint density at radius 2 is 1.38 bits per heavy atom. The minimum atomic E-state index is 0.112. The molecule has 0 aliphatic carbocycles. The second-order valence-corrected chi connectivity index (χ2v) is 6.47. The first-order valence-corrected chi connectivity index (χ1v) is 7.97. The van der Waals surface area contributed by atoms with Gasteiger partial charge >= 0.3 is 0 Å². The molecule has 24 heavy (non-hydrogen) atoms. The topological polar surface area (TPSA) is 54.1 Å². The molecule has 0 bridgehead atoms. The number of rotatable bonds is 1. The van der Waals surface area contributed by atoms with Gasteiger partial charge in [-0.3, -0.25) is 0 Å². The van der Waals surface area contributed by atoms with Crippen molar-refractivity contribution in [3.05, 3.63) is 52.1 Å². The standard InChI is InChI=1S/C20H20N4/c1-12-6-13(2)20(14(3)7-12)24-15(4)23(5)18-8-16(10-21)17(11-22)9-19(18)24/h6-9,15H,1-5H3/t15-/m0/s1. The summed E-state index contributed by atoms with van der Waals surface area (Å²) >= 11 is 0. The van der Waals surface area contributed by atoms with E-state index >= 15 is 0 Å². The van der Waals surface area contributed by atoms with Crippen LogP contribution in [0.15, 0.2) is 24.3 Å². The molecule has 0 aromatic heterocycles. The Morgan fingerprint density at radius 1 is 0.875 bits per heavy atom. The summed E-state index contributed by atoms with van der Waals surface area (Å²) in [6.07, 6.45) is 0.112. The third kappa shape index (κ3) is 2.20. The van der Waals surface area contributed by atoms with Gasteiger partial charge in [0.25, 0.3) is 0 Å². The molecule has 0 amide bonds. The first-order chi connectivity index (χ1) is 11.4. The van der Waals surface area contributed by atoms with Crippen molar-refractivity contribution in [3.63, 3.8) is 0 Å². The summed E-state index contributed by atoms with van der Waals surface area (Å²) in [5, 5.41) is 18.7. The summed E-state index contributed by atoms with van der Waals surface area (Å²) in [5.74, 6) is 0. The molecule has 0 N–H and O–H groups in total. The SMILES string of the molecule is Cc1cc(C)c(N2c3cc(C#N)c(C#N)cc3N(C)[C@@H]2C)c(C)c1. The van der Waals surface area contributed by atoms with E-state index in [2.05, 4.69) is 61.8 Å². The monoisotopic (exact) mass is 316 g/mol. The maximum Gasteiger partial charge on any atom is 0.103 e. The molecule has 1 atom stereocenters. The van der Waals surface area contributed by atoms with Gasteiger partial charge in [0.15, 0.2) is 0 Å². The molecule has 2 aromatic carbocycles. The molecule has 0 saturated carbocycles. The van der Waals surface area contributed by atoms with Crippen LogP contribution in [-0.4, -0.2) is 13.2 Å². The average Bonchev–Trinajstić information content (AvgIpc) is 2.77. The largest absolute Gasteiger partial charge is 0.352 e. The molecule has 2 aromatic rings. The van der Waals surface area contributed by atoms with Crippen molar-refractivity contribution in [2.45, 2.75) is 33.9 Å². The lowest BCUT2D eigenvalue weighted by Crippen LogP contribution is -2.36. The summed E-state index contributed by atoms with van der Waals surface area (Å²) in [5.41, 5.74) is 7.65. The molecular formula is C20H20N4. The van der Waals surface area contributed by atoms with Crippen molar-refractivity contribution in [1.82, 2.24) is 0 Å². The molecule has 0 radical (unpaired) electrons. The second-order valence-electron chi connectivity index (χ2n) is 6.47. The number of fused-ring (bicyclic) bond motifs is 1. The number of nitriles is 2. The lowest BCUT2D eigenvalue weighted by Gasteiger charge is -2.30. The Kier molecular flexibility index (Phi) is 3.70. The van der Waals surface area contributed by atoms with Crippen LogP contribution in [-0.2, 0) is 0 Å².